The van der Waals surface area contributed by atoms with E-state index in [9.17, 15) is 19.8 Å². The zero-order valence-electron chi connectivity index (χ0n) is 12.1. The summed E-state index contributed by atoms with van der Waals surface area (Å²) in [6.45, 7) is 0.226. The molecule has 3 aromatic rings. The van der Waals surface area contributed by atoms with E-state index in [4.69, 9.17) is 4.74 Å². The smallest absolute Gasteiger partial charge is 0.341 e. The number of carbonyl (C=O) groups is 1. The van der Waals surface area contributed by atoms with Crippen LogP contribution in [0, 0.1) is 0 Å². The molecule has 7 heteroatoms. The highest BCUT2D eigenvalue weighted by Gasteiger charge is 2.22. The van der Waals surface area contributed by atoms with Gasteiger partial charge in [-0.2, -0.15) is 0 Å². The van der Waals surface area contributed by atoms with Gasteiger partial charge in [-0.3, -0.25) is 9.36 Å². The second-order valence-electron chi connectivity index (χ2n) is 4.90. The second-order valence-corrected chi connectivity index (χ2v) is 5.82. The van der Waals surface area contributed by atoms with Crippen LogP contribution in [0.15, 0.2) is 40.5 Å². The summed E-state index contributed by atoms with van der Waals surface area (Å²) < 4.78 is 6.84. The van der Waals surface area contributed by atoms with Crippen LogP contribution < -0.4 is 10.3 Å². The average Bonchev–Trinajstić information content (AvgIpc) is 3.01. The van der Waals surface area contributed by atoms with Crippen LogP contribution in [0.4, 0.5) is 0 Å². The third-order valence-corrected chi connectivity index (χ3v) is 4.48. The molecule has 0 aliphatic heterocycles. The van der Waals surface area contributed by atoms with Crippen molar-refractivity contribution >= 4 is 27.5 Å². The van der Waals surface area contributed by atoms with Gasteiger partial charge in [-0.1, -0.05) is 12.1 Å². The van der Waals surface area contributed by atoms with Gasteiger partial charge in [0.1, 0.15) is 11.3 Å². The van der Waals surface area contributed by atoms with Gasteiger partial charge in [0.05, 0.1) is 23.9 Å². The molecule has 0 spiro atoms. The summed E-state index contributed by atoms with van der Waals surface area (Å²) in [7, 11) is 1.57. The van der Waals surface area contributed by atoms with Gasteiger partial charge >= 0.3 is 5.97 Å². The number of methoxy groups -OCH3 is 1. The van der Waals surface area contributed by atoms with E-state index >= 15 is 0 Å². The van der Waals surface area contributed by atoms with Crippen LogP contribution in [0.5, 0.6) is 11.5 Å². The summed E-state index contributed by atoms with van der Waals surface area (Å²) >= 11 is 1.18. The normalized spacial score (nSPS) is 10.8. The van der Waals surface area contributed by atoms with Crippen molar-refractivity contribution in [2.45, 2.75) is 6.54 Å². The highest BCUT2D eigenvalue weighted by Crippen LogP contribution is 2.29. The van der Waals surface area contributed by atoms with E-state index in [0.29, 0.717) is 16.0 Å². The van der Waals surface area contributed by atoms with Crippen LogP contribution in [0.3, 0.4) is 0 Å². The van der Waals surface area contributed by atoms with Crippen molar-refractivity contribution in [2.75, 3.05) is 7.11 Å². The minimum Gasteiger partial charge on any atom is -0.502 e. The number of ether oxygens (including phenoxy) is 1. The van der Waals surface area contributed by atoms with Gasteiger partial charge in [0.2, 0.25) is 0 Å². The molecule has 1 aromatic carbocycles. The molecule has 0 saturated heterocycles. The summed E-state index contributed by atoms with van der Waals surface area (Å²) in [6.07, 6.45) is 0. The Morgan fingerprint density at radius 1 is 1.26 bits per heavy atom. The largest absolute Gasteiger partial charge is 0.502 e. The van der Waals surface area contributed by atoms with Crippen molar-refractivity contribution in [1.29, 1.82) is 0 Å². The predicted octanol–water partition coefficient (Wildman–Crippen LogP) is 2.52. The SMILES string of the molecule is COc1ccc(Cn2c(=O)c(O)c(C(=O)O)c3sccc32)cc1. The van der Waals surface area contributed by atoms with E-state index < -0.39 is 17.3 Å². The summed E-state index contributed by atoms with van der Waals surface area (Å²) in [4.78, 5) is 23.7. The fraction of sp³-hybridized carbons (Fsp3) is 0.125. The van der Waals surface area contributed by atoms with Crippen molar-refractivity contribution in [3.8, 4) is 11.5 Å². The minimum absolute atomic E-state index is 0.226. The third kappa shape index (κ3) is 2.55. The van der Waals surface area contributed by atoms with Gasteiger partial charge in [0.15, 0.2) is 5.75 Å². The Morgan fingerprint density at radius 3 is 2.57 bits per heavy atom. The van der Waals surface area contributed by atoms with Crippen LogP contribution in [0.25, 0.3) is 10.2 Å². The van der Waals surface area contributed by atoms with Gasteiger partial charge in [0, 0.05) is 0 Å². The van der Waals surface area contributed by atoms with E-state index in [1.54, 1.807) is 30.7 Å². The number of fused-ring (bicyclic) bond motifs is 1. The number of carboxylic acid groups (broad SMARTS) is 1. The topological polar surface area (TPSA) is 88.8 Å². The first kappa shape index (κ1) is 15.1. The van der Waals surface area contributed by atoms with Crippen LogP contribution in [-0.4, -0.2) is 27.9 Å². The molecule has 2 aromatic heterocycles. The van der Waals surface area contributed by atoms with Gasteiger partial charge < -0.3 is 14.9 Å². The molecule has 0 aliphatic rings. The minimum atomic E-state index is -1.32. The standard InChI is InChI=1S/C16H13NO5S/c1-22-10-4-2-9(3-5-10)8-17-11-6-7-23-14(11)12(16(20)21)13(18)15(17)19/h2-7,18H,8H2,1H3,(H,20,21). The Hall–Kier alpha value is -2.80. The van der Waals surface area contributed by atoms with E-state index in [1.807, 2.05) is 12.1 Å². The number of thiophene rings is 1. The fourth-order valence-corrected chi connectivity index (χ4v) is 3.36. The Labute approximate surface area is 134 Å². The number of nitrogens with zero attached hydrogens (tertiary/aromatic N) is 1. The van der Waals surface area contributed by atoms with E-state index in [1.165, 1.54) is 15.9 Å². The maximum Gasteiger partial charge on any atom is 0.341 e. The third-order valence-electron chi connectivity index (χ3n) is 3.56. The summed E-state index contributed by atoms with van der Waals surface area (Å²) in [5, 5.41) is 20.9. The number of hydrogen-bond donors (Lipinski definition) is 2. The molecule has 2 N–H and O–H groups in total. The van der Waals surface area contributed by atoms with Gasteiger partial charge in [0.25, 0.3) is 5.56 Å². The average molecular weight is 331 g/mol. The monoisotopic (exact) mass is 331 g/mol. The number of benzene rings is 1. The first-order valence-corrected chi connectivity index (χ1v) is 7.60. The number of hydrogen-bond acceptors (Lipinski definition) is 5. The molecule has 0 amide bonds. The molecule has 118 valence electrons. The number of aromatic carboxylic acids is 1. The van der Waals surface area contributed by atoms with Crippen molar-refractivity contribution in [1.82, 2.24) is 4.57 Å². The lowest BCUT2D eigenvalue weighted by Gasteiger charge is -2.11. The molecule has 0 aliphatic carbocycles. The second kappa shape index (κ2) is 5.77. The number of carboxylic acids is 1. The molecule has 0 unspecified atom stereocenters. The molecule has 0 saturated carbocycles. The van der Waals surface area contributed by atoms with Crippen molar-refractivity contribution in [3.63, 3.8) is 0 Å². The van der Waals surface area contributed by atoms with Gasteiger partial charge in [-0.05, 0) is 29.1 Å². The maximum atomic E-state index is 12.4. The number of rotatable bonds is 4. The molecule has 0 fully saturated rings. The lowest BCUT2D eigenvalue weighted by Crippen LogP contribution is -2.22. The van der Waals surface area contributed by atoms with E-state index in [0.717, 1.165) is 5.56 Å². The quantitative estimate of drug-likeness (QED) is 0.767. The Bertz CT molecular complexity index is 939. The van der Waals surface area contributed by atoms with Crippen LogP contribution >= 0.6 is 11.3 Å². The lowest BCUT2D eigenvalue weighted by molar-refractivity contribution is 0.0695. The molecule has 2 heterocycles. The van der Waals surface area contributed by atoms with E-state index in [-0.39, 0.29) is 12.1 Å². The maximum absolute atomic E-state index is 12.4. The highest BCUT2D eigenvalue weighted by atomic mass is 32.1. The van der Waals surface area contributed by atoms with Crippen LogP contribution in [0.1, 0.15) is 15.9 Å². The van der Waals surface area contributed by atoms with Gasteiger partial charge in [-0.25, -0.2) is 4.79 Å². The van der Waals surface area contributed by atoms with Crippen molar-refractivity contribution < 1.29 is 19.7 Å². The Morgan fingerprint density at radius 2 is 1.96 bits per heavy atom. The summed E-state index contributed by atoms with van der Waals surface area (Å²) in [6, 6.07) is 8.85. The molecule has 23 heavy (non-hydrogen) atoms. The zero-order chi connectivity index (χ0) is 16.6. The summed E-state index contributed by atoms with van der Waals surface area (Å²) in [5.41, 5.74) is 0.268. The number of aromatic nitrogens is 1. The van der Waals surface area contributed by atoms with Crippen molar-refractivity contribution in [3.05, 3.63) is 57.2 Å². The molecular weight excluding hydrogens is 318 g/mol. The first-order chi connectivity index (χ1) is 11.0. The van der Waals surface area contributed by atoms with Crippen molar-refractivity contribution in [2.24, 2.45) is 0 Å². The Kier molecular flexibility index (Phi) is 3.79. The molecule has 0 radical (unpaired) electrons. The molecule has 3 rings (SSSR count). The zero-order valence-corrected chi connectivity index (χ0v) is 13.0. The molecular formula is C16H13NO5S. The predicted molar refractivity (Wildman–Crippen MR) is 86.8 cm³/mol. The number of pyridine rings is 1. The number of aromatic hydroxyl groups is 1. The Balaban J connectivity index is 2.16. The van der Waals surface area contributed by atoms with E-state index in [2.05, 4.69) is 0 Å². The summed E-state index contributed by atoms with van der Waals surface area (Å²) in [5.74, 6) is -1.35. The molecule has 0 bridgehead atoms. The van der Waals surface area contributed by atoms with Gasteiger partial charge in [-0.15, -0.1) is 11.3 Å². The fourth-order valence-electron chi connectivity index (χ4n) is 2.42. The molecule has 6 nitrogen and oxygen atoms in total. The first-order valence-electron chi connectivity index (χ1n) is 6.72. The molecule has 0 atom stereocenters. The highest BCUT2D eigenvalue weighted by molar-refractivity contribution is 7.17. The lowest BCUT2D eigenvalue weighted by atomic mass is 10.1. The van der Waals surface area contributed by atoms with Crippen LogP contribution in [0.2, 0.25) is 0 Å². The van der Waals surface area contributed by atoms with Crippen LogP contribution in [-0.2, 0) is 6.54 Å².